The van der Waals surface area contributed by atoms with Gasteiger partial charge >= 0.3 is 11.9 Å². The number of aliphatic carboxylic acids is 1. The summed E-state index contributed by atoms with van der Waals surface area (Å²) >= 11 is 5.96. The summed E-state index contributed by atoms with van der Waals surface area (Å²) in [5.74, 6) is -1.27. The molecule has 0 aliphatic carbocycles. The summed E-state index contributed by atoms with van der Waals surface area (Å²) in [7, 11) is 1.31. The number of aryl methyl sites for hydroxylation is 1. The highest BCUT2D eigenvalue weighted by molar-refractivity contribution is 6.31. The monoisotopic (exact) mass is 256 g/mol. The number of hydrogen-bond donors (Lipinski definition) is 1. The maximum Gasteiger partial charge on any atom is 0.337 e. The van der Waals surface area contributed by atoms with Crippen LogP contribution in [0.2, 0.25) is 5.02 Å². The van der Waals surface area contributed by atoms with Crippen LogP contribution in [0.1, 0.15) is 28.8 Å². The molecule has 5 heteroatoms. The van der Waals surface area contributed by atoms with E-state index >= 15 is 0 Å². The molecule has 0 saturated heterocycles. The van der Waals surface area contributed by atoms with E-state index in [2.05, 4.69) is 4.74 Å². The summed E-state index contributed by atoms with van der Waals surface area (Å²) in [6, 6.07) is 4.83. The van der Waals surface area contributed by atoms with Crippen molar-refractivity contribution in [3.8, 4) is 0 Å². The van der Waals surface area contributed by atoms with E-state index in [0.29, 0.717) is 23.4 Å². The van der Waals surface area contributed by atoms with Crippen molar-refractivity contribution in [2.45, 2.75) is 19.3 Å². The molecule has 0 fully saturated rings. The van der Waals surface area contributed by atoms with E-state index in [4.69, 9.17) is 16.7 Å². The van der Waals surface area contributed by atoms with Crippen LogP contribution in [-0.4, -0.2) is 24.2 Å². The zero-order valence-electron chi connectivity index (χ0n) is 9.40. The fourth-order valence-electron chi connectivity index (χ4n) is 1.44. The molecular formula is C12H13ClO4. The average Bonchev–Trinajstić information content (AvgIpc) is 2.30. The molecule has 0 heterocycles. The number of benzene rings is 1. The van der Waals surface area contributed by atoms with Crippen molar-refractivity contribution in [2.75, 3.05) is 7.11 Å². The van der Waals surface area contributed by atoms with E-state index in [-0.39, 0.29) is 6.42 Å². The van der Waals surface area contributed by atoms with Crippen molar-refractivity contribution in [2.24, 2.45) is 0 Å². The van der Waals surface area contributed by atoms with Crippen LogP contribution in [0, 0.1) is 0 Å². The Bertz CT molecular complexity index is 429. The lowest BCUT2D eigenvalue weighted by atomic mass is 10.1. The number of carboxylic acid groups (broad SMARTS) is 1. The van der Waals surface area contributed by atoms with Gasteiger partial charge in [0.05, 0.1) is 12.7 Å². The van der Waals surface area contributed by atoms with Gasteiger partial charge in [-0.3, -0.25) is 4.79 Å². The molecule has 0 aliphatic heterocycles. The number of carboxylic acids is 1. The minimum atomic E-state index is -0.842. The third kappa shape index (κ3) is 4.07. The Morgan fingerprint density at radius 3 is 2.71 bits per heavy atom. The minimum Gasteiger partial charge on any atom is -0.481 e. The number of ether oxygens (including phenoxy) is 1. The number of halogens is 1. The summed E-state index contributed by atoms with van der Waals surface area (Å²) in [6.45, 7) is 0. The normalized spacial score (nSPS) is 10.0. The van der Waals surface area contributed by atoms with Gasteiger partial charge in [-0.05, 0) is 36.6 Å². The van der Waals surface area contributed by atoms with Crippen LogP contribution in [-0.2, 0) is 16.0 Å². The molecule has 92 valence electrons. The van der Waals surface area contributed by atoms with E-state index in [9.17, 15) is 9.59 Å². The first kappa shape index (κ1) is 13.5. The maximum absolute atomic E-state index is 11.3. The van der Waals surface area contributed by atoms with E-state index in [0.717, 1.165) is 5.56 Å². The Morgan fingerprint density at radius 2 is 2.12 bits per heavy atom. The molecule has 0 saturated carbocycles. The fourth-order valence-corrected chi connectivity index (χ4v) is 1.65. The van der Waals surface area contributed by atoms with E-state index < -0.39 is 11.9 Å². The second-order valence-electron chi connectivity index (χ2n) is 3.55. The second kappa shape index (κ2) is 6.25. The Kier molecular flexibility index (Phi) is 4.97. The van der Waals surface area contributed by atoms with Crippen LogP contribution in [0.4, 0.5) is 0 Å². The Labute approximate surface area is 104 Å². The van der Waals surface area contributed by atoms with Gasteiger partial charge in [-0.1, -0.05) is 11.6 Å². The first-order valence-corrected chi connectivity index (χ1v) is 5.51. The average molecular weight is 257 g/mol. The van der Waals surface area contributed by atoms with Crippen molar-refractivity contribution in [1.29, 1.82) is 0 Å². The molecule has 0 radical (unpaired) electrons. The molecule has 0 spiro atoms. The molecule has 0 bridgehead atoms. The van der Waals surface area contributed by atoms with Crippen molar-refractivity contribution in [3.05, 3.63) is 34.3 Å². The Hall–Kier alpha value is -1.55. The van der Waals surface area contributed by atoms with Crippen molar-refractivity contribution >= 4 is 23.5 Å². The number of methoxy groups -OCH3 is 1. The van der Waals surface area contributed by atoms with Gasteiger partial charge in [-0.2, -0.15) is 0 Å². The molecule has 0 atom stereocenters. The largest absolute Gasteiger partial charge is 0.481 e. The highest BCUT2D eigenvalue weighted by Crippen LogP contribution is 2.20. The first-order valence-electron chi connectivity index (χ1n) is 5.13. The van der Waals surface area contributed by atoms with Gasteiger partial charge in [-0.25, -0.2) is 4.79 Å². The topological polar surface area (TPSA) is 63.6 Å². The summed E-state index contributed by atoms with van der Waals surface area (Å²) in [4.78, 5) is 21.7. The third-order valence-corrected chi connectivity index (χ3v) is 2.67. The zero-order valence-corrected chi connectivity index (χ0v) is 10.2. The second-order valence-corrected chi connectivity index (χ2v) is 3.95. The highest BCUT2D eigenvalue weighted by atomic mass is 35.5. The van der Waals surface area contributed by atoms with Crippen molar-refractivity contribution in [1.82, 2.24) is 0 Å². The molecule has 1 N–H and O–H groups in total. The number of carbonyl (C=O) groups is 2. The maximum atomic E-state index is 11.3. The van der Waals surface area contributed by atoms with Crippen molar-refractivity contribution < 1.29 is 19.4 Å². The van der Waals surface area contributed by atoms with Gasteiger partial charge in [-0.15, -0.1) is 0 Å². The smallest absolute Gasteiger partial charge is 0.337 e. The molecule has 4 nitrogen and oxygen atoms in total. The number of esters is 1. The SMILES string of the molecule is COC(=O)c1ccc(Cl)c(CCCC(=O)O)c1. The quantitative estimate of drug-likeness (QED) is 0.823. The molecule has 0 aromatic heterocycles. The predicted octanol–water partition coefficient (Wildman–Crippen LogP) is 2.53. The standard InChI is InChI=1S/C12H13ClO4/c1-17-12(16)9-5-6-10(13)8(7-9)3-2-4-11(14)15/h5-7H,2-4H2,1H3,(H,14,15). The van der Waals surface area contributed by atoms with Crippen LogP contribution in [0.15, 0.2) is 18.2 Å². The van der Waals surface area contributed by atoms with Crippen LogP contribution in [0.25, 0.3) is 0 Å². The van der Waals surface area contributed by atoms with Crippen molar-refractivity contribution in [3.63, 3.8) is 0 Å². The first-order chi connectivity index (χ1) is 8.04. The number of hydrogen-bond acceptors (Lipinski definition) is 3. The number of carbonyl (C=O) groups excluding carboxylic acids is 1. The van der Waals surface area contributed by atoms with Crippen LogP contribution >= 0.6 is 11.6 Å². The minimum absolute atomic E-state index is 0.0821. The lowest BCUT2D eigenvalue weighted by Gasteiger charge is -2.06. The molecule has 1 aromatic rings. The molecule has 1 aromatic carbocycles. The lowest BCUT2D eigenvalue weighted by Crippen LogP contribution is -2.03. The van der Waals surface area contributed by atoms with E-state index in [1.54, 1.807) is 18.2 Å². The van der Waals surface area contributed by atoms with Gasteiger partial charge in [0.2, 0.25) is 0 Å². The molecule has 17 heavy (non-hydrogen) atoms. The Morgan fingerprint density at radius 1 is 1.41 bits per heavy atom. The van der Waals surface area contributed by atoms with Gasteiger partial charge in [0.25, 0.3) is 0 Å². The number of rotatable bonds is 5. The van der Waals surface area contributed by atoms with E-state index in [1.165, 1.54) is 7.11 Å². The summed E-state index contributed by atoms with van der Waals surface area (Å²) in [5, 5.41) is 9.07. The third-order valence-electron chi connectivity index (χ3n) is 2.30. The predicted molar refractivity (Wildman–Crippen MR) is 63.4 cm³/mol. The lowest BCUT2D eigenvalue weighted by molar-refractivity contribution is -0.137. The fraction of sp³-hybridized carbons (Fsp3) is 0.333. The molecular weight excluding hydrogens is 244 g/mol. The van der Waals surface area contributed by atoms with Gasteiger partial charge in [0.1, 0.15) is 0 Å². The highest BCUT2D eigenvalue weighted by Gasteiger charge is 2.09. The van der Waals surface area contributed by atoms with Gasteiger partial charge in [0.15, 0.2) is 0 Å². The molecule has 0 amide bonds. The zero-order chi connectivity index (χ0) is 12.8. The van der Waals surface area contributed by atoms with Gasteiger partial charge < -0.3 is 9.84 Å². The summed E-state index contributed by atoms with van der Waals surface area (Å²) in [5.41, 5.74) is 1.18. The molecule has 0 unspecified atom stereocenters. The van der Waals surface area contributed by atoms with Crippen LogP contribution in [0.5, 0.6) is 0 Å². The van der Waals surface area contributed by atoms with Crippen LogP contribution < -0.4 is 0 Å². The van der Waals surface area contributed by atoms with E-state index in [1.807, 2.05) is 0 Å². The van der Waals surface area contributed by atoms with Gasteiger partial charge in [0, 0.05) is 11.4 Å². The summed E-state index contributed by atoms with van der Waals surface area (Å²) < 4.78 is 4.60. The Balaban J connectivity index is 2.76. The van der Waals surface area contributed by atoms with Crippen LogP contribution in [0.3, 0.4) is 0 Å². The molecule has 0 aliphatic rings. The summed E-state index contributed by atoms with van der Waals surface area (Å²) in [6.07, 6.45) is 1.09. The molecule has 1 rings (SSSR count).